The Hall–Kier alpha value is -2.31. The van der Waals surface area contributed by atoms with E-state index in [-0.39, 0.29) is 6.42 Å². The largest absolute Gasteiger partial charge is 0.504 e. The van der Waals surface area contributed by atoms with E-state index in [1.54, 1.807) is 0 Å². The van der Waals surface area contributed by atoms with Gasteiger partial charge in [-0.1, -0.05) is 0 Å². The Morgan fingerprint density at radius 2 is 1.94 bits per heavy atom. The number of aryl methyl sites for hydroxylation is 1. The van der Waals surface area contributed by atoms with E-state index in [0.29, 0.717) is 24.8 Å². The van der Waals surface area contributed by atoms with Gasteiger partial charge in [-0.3, -0.25) is 14.9 Å². The van der Waals surface area contributed by atoms with Crippen LogP contribution < -0.4 is 0 Å². The van der Waals surface area contributed by atoms with E-state index in [1.165, 1.54) is 12.1 Å². The fourth-order valence-corrected chi connectivity index (χ4v) is 1.55. The van der Waals surface area contributed by atoms with Crippen molar-refractivity contribution in [3.05, 3.63) is 27.8 Å². The molecule has 0 atom stereocenters. The summed E-state index contributed by atoms with van der Waals surface area (Å²) in [4.78, 5) is 20.1. The van der Waals surface area contributed by atoms with Crippen LogP contribution >= 0.6 is 0 Å². The van der Waals surface area contributed by atoms with Crippen LogP contribution in [0.4, 0.5) is 5.69 Å². The fraction of sp³-hybridized carbons (Fsp3) is 0.364. The maximum Gasteiger partial charge on any atom is 0.314 e. The highest BCUT2D eigenvalue weighted by atomic mass is 16.6. The molecule has 0 bridgehead atoms. The van der Waals surface area contributed by atoms with Crippen molar-refractivity contribution in [1.82, 2.24) is 0 Å². The number of rotatable bonds is 6. The molecule has 98 valence electrons. The number of nitrogens with zero attached hydrogens (tertiary/aromatic N) is 1. The molecule has 0 amide bonds. The number of hydrogen-bond donors (Lipinski definition) is 3. The van der Waals surface area contributed by atoms with E-state index in [1.807, 2.05) is 0 Å². The van der Waals surface area contributed by atoms with Gasteiger partial charge in [-0.25, -0.2) is 0 Å². The quantitative estimate of drug-likeness (QED) is 0.308. The van der Waals surface area contributed by atoms with Gasteiger partial charge in [0.2, 0.25) is 5.75 Å². The Labute approximate surface area is 102 Å². The minimum Gasteiger partial charge on any atom is -0.504 e. The summed E-state index contributed by atoms with van der Waals surface area (Å²) in [7, 11) is 0. The van der Waals surface area contributed by atoms with Crippen molar-refractivity contribution < 1.29 is 25.0 Å². The van der Waals surface area contributed by atoms with Gasteiger partial charge < -0.3 is 15.3 Å². The van der Waals surface area contributed by atoms with Crippen molar-refractivity contribution in [2.45, 2.75) is 25.7 Å². The van der Waals surface area contributed by atoms with Gasteiger partial charge in [-0.2, -0.15) is 0 Å². The molecule has 0 unspecified atom stereocenters. The first kappa shape index (κ1) is 13.8. The maximum atomic E-state index is 10.6. The summed E-state index contributed by atoms with van der Waals surface area (Å²) < 4.78 is 0. The molecule has 1 rings (SSSR count). The Morgan fingerprint density at radius 3 is 2.50 bits per heavy atom. The number of carboxylic acid groups (broad SMARTS) is 1. The molecule has 1 aromatic carbocycles. The number of unbranched alkanes of at least 4 members (excludes halogenated alkanes) is 1. The van der Waals surface area contributed by atoms with Crippen molar-refractivity contribution in [2.24, 2.45) is 0 Å². The molecule has 0 aliphatic rings. The van der Waals surface area contributed by atoms with Crippen molar-refractivity contribution in [3.63, 3.8) is 0 Å². The maximum absolute atomic E-state index is 10.6. The number of phenols is 2. The smallest absolute Gasteiger partial charge is 0.314 e. The topological polar surface area (TPSA) is 121 Å². The number of benzene rings is 1. The molecule has 3 N–H and O–H groups in total. The first-order valence-corrected chi connectivity index (χ1v) is 5.33. The van der Waals surface area contributed by atoms with Crippen LogP contribution in [0.25, 0.3) is 0 Å². The minimum absolute atomic E-state index is 0.0339. The molecule has 18 heavy (non-hydrogen) atoms. The van der Waals surface area contributed by atoms with E-state index in [4.69, 9.17) is 5.11 Å². The van der Waals surface area contributed by atoms with Crippen LogP contribution in [0.1, 0.15) is 24.8 Å². The molecule has 1 aromatic rings. The summed E-state index contributed by atoms with van der Waals surface area (Å²) in [5.41, 5.74) is -0.0642. The van der Waals surface area contributed by atoms with Crippen molar-refractivity contribution >= 4 is 11.7 Å². The number of carbonyl (C=O) groups is 1. The Kier molecular flexibility index (Phi) is 4.47. The molecule has 0 aromatic heterocycles. The van der Waals surface area contributed by atoms with Crippen molar-refractivity contribution in [3.8, 4) is 11.5 Å². The molecular weight excluding hydrogens is 242 g/mol. The van der Waals surface area contributed by atoms with Gasteiger partial charge in [0.05, 0.1) is 4.92 Å². The molecule has 7 nitrogen and oxygen atoms in total. The van der Waals surface area contributed by atoms with Gasteiger partial charge >= 0.3 is 11.7 Å². The molecule has 0 saturated carbocycles. The van der Waals surface area contributed by atoms with Crippen LogP contribution in [0.15, 0.2) is 12.1 Å². The summed E-state index contributed by atoms with van der Waals surface area (Å²) >= 11 is 0. The number of aliphatic carboxylic acids is 1. The molecule has 0 spiro atoms. The third-order valence-electron chi connectivity index (χ3n) is 2.43. The predicted molar refractivity (Wildman–Crippen MR) is 61.6 cm³/mol. The monoisotopic (exact) mass is 255 g/mol. The lowest BCUT2D eigenvalue weighted by molar-refractivity contribution is -0.386. The van der Waals surface area contributed by atoms with Crippen LogP contribution in [0.5, 0.6) is 11.5 Å². The zero-order chi connectivity index (χ0) is 13.7. The molecule has 0 aliphatic carbocycles. The summed E-state index contributed by atoms with van der Waals surface area (Å²) in [5.74, 6) is -2.19. The summed E-state index contributed by atoms with van der Waals surface area (Å²) in [5, 5.41) is 37.6. The predicted octanol–water partition coefficient (Wildman–Crippen LogP) is 1.80. The number of nitro benzene ring substituents is 1. The van der Waals surface area contributed by atoms with E-state index in [0.717, 1.165) is 0 Å². The van der Waals surface area contributed by atoms with Gasteiger partial charge in [0.1, 0.15) is 0 Å². The van der Waals surface area contributed by atoms with Crippen LogP contribution in [0.3, 0.4) is 0 Å². The fourth-order valence-electron chi connectivity index (χ4n) is 1.55. The highest BCUT2D eigenvalue weighted by Crippen LogP contribution is 2.36. The highest BCUT2D eigenvalue weighted by Gasteiger charge is 2.18. The van der Waals surface area contributed by atoms with Crippen LogP contribution in [-0.4, -0.2) is 26.2 Å². The second kappa shape index (κ2) is 5.85. The van der Waals surface area contributed by atoms with E-state index in [2.05, 4.69) is 0 Å². The van der Waals surface area contributed by atoms with E-state index in [9.17, 15) is 25.1 Å². The van der Waals surface area contributed by atoms with Crippen LogP contribution in [0, 0.1) is 10.1 Å². The average molecular weight is 255 g/mol. The third-order valence-corrected chi connectivity index (χ3v) is 2.43. The van der Waals surface area contributed by atoms with E-state index >= 15 is 0 Å². The molecule has 0 radical (unpaired) electrons. The normalized spacial score (nSPS) is 10.2. The minimum atomic E-state index is -0.894. The first-order valence-electron chi connectivity index (χ1n) is 5.33. The van der Waals surface area contributed by atoms with Gasteiger partial charge in [-0.15, -0.1) is 0 Å². The number of carboxylic acids is 1. The van der Waals surface area contributed by atoms with E-state index < -0.39 is 28.1 Å². The average Bonchev–Trinajstić information content (AvgIpc) is 2.28. The summed E-state index contributed by atoms with van der Waals surface area (Å²) in [6, 6.07) is 2.42. The lowest BCUT2D eigenvalue weighted by Crippen LogP contribution is -1.96. The van der Waals surface area contributed by atoms with Crippen LogP contribution in [0.2, 0.25) is 0 Å². The first-order chi connectivity index (χ1) is 8.41. The highest BCUT2D eigenvalue weighted by molar-refractivity contribution is 5.66. The standard InChI is InChI=1S/C11H13NO6/c13-9-6-7(3-1-2-4-10(14)15)5-8(11(9)16)12(17)18/h5-6,13,16H,1-4H2,(H,14,15). The zero-order valence-electron chi connectivity index (χ0n) is 9.50. The molecule has 7 heteroatoms. The summed E-state index contributed by atoms with van der Waals surface area (Å²) in [6.07, 6.45) is 1.42. The second-order valence-electron chi connectivity index (χ2n) is 3.84. The van der Waals surface area contributed by atoms with Gasteiger partial charge in [-0.05, 0) is 30.9 Å². The third kappa shape index (κ3) is 3.62. The van der Waals surface area contributed by atoms with Crippen molar-refractivity contribution in [1.29, 1.82) is 0 Å². The Morgan fingerprint density at radius 1 is 1.28 bits per heavy atom. The number of phenolic OH excluding ortho intramolecular Hbond substituents is 2. The van der Waals surface area contributed by atoms with Gasteiger partial charge in [0.15, 0.2) is 5.75 Å². The van der Waals surface area contributed by atoms with Crippen LogP contribution in [-0.2, 0) is 11.2 Å². The Balaban J connectivity index is 2.72. The second-order valence-corrected chi connectivity index (χ2v) is 3.84. The molecule has 0 aliphatic heterocycles. The zero-order valence-corrected chi connectivity index (χ0v) is 9.50. The van der Waals surface area contributed by atoms with Gasteiger partial charge in [0, 0.05) is 12.5 Å². The summed E-state index contributed by atoms with van der Waals surface area (Å²) in [6.45, 7) is 0. The number of hydrogen-bond acceptors (Lipinski definition) is 5. The lowest BCUT2D eigenvalue weighted by atomic mass is 10.1. The lowest BCUT2D eigenvalue weighted by Gasteiger charge is -2.04. The van der Waals surface area contributed by atoms with Gasteiger partial charge in [0.25, 0.3) is 0 Å². The molecule has 0 saturated heterocycles. The molecule has 0 heterocycles. The Bertz CT molecular complexity index is 471. The number of aromatic hydroxyl groups is 2. The molecular formula is C11H13NO6. The number of nitro groups is 1. The molecule has 0 fully saturated rings. The van der Waals surface area contributed by atoms with Crippen molar-refractivity contribution in [2.75, 3.05) is 0 Å². The SMILES string of the molecule is O=C(O)CCCCc1cc(O)c(O)c([N+](=O)[O-])c1.